The summed E-state index contributed by atoms with van der Waals surface area (Å²) in [6.45, 7) is 17.6. The second kappa shape index (κ2) is 7.09. The predicted molar refractivity (Wildman–Crippen MR) is 132 cm³/mol. The molecular weight excluding hydrogens is 392 g/mol. The van der Waals surface area contributed by atoms with E-state index in [2.05, 4.69) is 54.5 Å². The van der Waals surface area contributed by atoms with E-state index in [9.17, 15) is 10.2 Å². The maximum Gasteiger partial charge on any atom is 0.0594 e. The van der Waals surface area contributed by atoms with Gasteiger partial charge in [0.1, 0.15) is 0 Å². The van der Waals surface area contributed by atoms with Gasteiger partial charge in [0.25, 0.3) is 0 Å². The highest BCUT2D eigenvalue weighted by Gasteiger charge is 2.69. The summed E-state index contributed by atoms with van der Waals surface area (Å²) in [7, 11) is 0. The molecule has 2 heteroatoms. The SMILES string of the molecule is CC(C)C1CCC2(C)CCC3(CO)C(=CCC4C5(C)CCC(O)C(C)(C)C5CCC43C)C12. The highest BCUT2D eigenvalue weighted by atomic mass is 16.3. The maximum absolute atomic E-state index is 11.3. The van der Waals surface area contributed by atoms with Crippen LogP contribution < -0.4 is 0 Å². The summed E-state index contributed by atoms with van der Waals surface area (Å²) < 4.78 is 0. The molecular formula is C30H50O2. The first-order valence-electron chi connectivity index (χ1n) is 13.9. The van der Waals surface area contributed by atoms with Gasteiger partial charge in [0.2, 0.25) is 0 Å². The van der Waals surface area contributed by atoms with E-state index in [4.69, 9.17) is 0 Å². The van der Waals surface area contributed by atoms with Crippen molar-refractivity contribution in [2.75, 3.05) is 6.61 Å². The van der Waals surface area contributed by atoms with E-state index in [0.717, 1.165) is 24.7 Å². The van der Waals surface area contributed by atoms with E-state index >= 15 is 0 Å². The molecule has 5 aliphatic carbocycles. The van der Waals surface area contributed by atoms with Crippen LogP contribution in [0.5, 0.6) is 0 Å². The molecule has 32 heavy (non-hydrogen) atoms. The highest BCUT2D eigenvalue weighted by Crippen LogP contribution is 2.76. The van der Waals surface area contributed by atoms with E-state index in [-0.39, 0.29) is 27.8 Å². The fraction of sp³-hybridized carbons (Fsp3) is 0.933. The Hall–Kier alpha value is -0.340. The summed E-state index contributed by atoms with van der Waals surface area (Å²) in [5, 5.41) is 22.1. The summed E-state index contributed by atoms with van der Waals surface area (Å²) in [5.74, 6) is 3.34. The van der Waals surface area contributed by atoms with Crippen LogP contribution in [0.1, 0.15) is 106 Å². The van der Waals surface area contributed by atoms with Crippen molar-refractivity contribution in [3.63, 3.8) is 0 Å². The third kappa shape index (κ3) is 2.66. The first-order valence-corrected chi connectivity index (χ1v) is 13.9. The van der Waals surface area contributed by atoms with Crippen LogP contribution >= 0.6 is 0 Å². The smallest absolute Gasteiger partial charge is 0.0594 e. The van der Waals surface area contributed by atoms with Gasteiger partial charge < -0.3 is 10.2 Å². The molecule has 4 saturated carbocycles. The molecule has 2 N–H and O–H groups in total. The summed E-state index contributed by atoms with van der Waals surface area (Å²) >= 11 is 0. The zero-order valence-electron chi connectivity index (χ0n) is 22.0. The highest BCUT2D eigenvalue weighted by molar-refractivity contribution is 5.35. The van der Waals surface area contributed by atoms with Crippen molar-refractivity contribution in [3.8, 4) is 0 Å². The summed E-state index contributed by atoms with van der Waals surface area (Å²) in [6, 6.07) is 0. The van der Waals surface area contributed by atoms with Crippen LogP contribution in [-0.2, 0) is 0 Å². The molecule has 9 atom stereocenters. The molecule has 5 aliphatic rings. The van der Waals surface area contributed by atoms with E-state index in [1.54, 1.807) is 5.57 Å². The Balaban J connectivity index is 1.62. The van der Waals surface area contributed by atoms with Gasteiger partial charge in [0.15, 0.2) is 0 Å². The Morgan fingerprint density at radius 2 is 1.62 bits per heavy atom. The van der Waals surface area contributed by atoms with Gasteiger partial charge in [-0.2, -0.15) is 0 Å². The second-order valence-corrected chi connectivity index (χ2v) is 14.7. The van der Waals surface area contributed by atoms with E-state index in [1.807, 2.05) is 0 Å². The summed E-state index contributed by atoms with van der Waals surface area (Å²) in [4.78, 5) is 0. The van der Waals surface area contributed by atoms with Gasteiger partial charge in [-0.15, -0.1) is 0 Å². The van der Waals surface area contributed by atoms with Crippen LogP contribution in [0.3, 0.4) is 0 Å². The monoisotopic (exact) mass is 442 g/mol. The molecule has 0 amide bonds. The number of hydrogen-bond donors (Lipinski definition) is 2. The van der Waals surface area contributed by atoms with E-state index < -0.39 is 0 Å². The lowest BCUT2D eigenvalue weighted by Crippen LogP contribution is -2.65. The average molecular weight is 443 g/mol. The molecule has 0 saturated heterocycles. The fourth-order valence-electron chi connectivity index (χ4n) is 11.1. The Labute approximate surface area is 197 Å². The largest absolute Gasteiger partial charge is 0.395 e. The number of aliphatic hydroxyl groups excluding tert-OH is 2. The lowest BCUT2D eigenvalue weighted by Gasteiger charge is -2.71. The molecule has 2 nitrogen and oxygen atoms in total. The molecule has 0 aromatic carbocycles. The normalized spacial score (nSPS) is 54.3. The van der Waals surface area contributed by atoms with Crippen molar-refractivity contribution in [2.24, 2.45) is 56.7 Å². The third-order valence-electron chi connectivity index (χ3n) is 13.1. The van der Waals surface area contributed by atoms with Gasteiger partial charge in [-0.25, -0.2) is 0 Å². The zero-order chi connectivity index (χ0) is 23.3. The van der Waals surface area contributed by atoms with Crippen LogP contribution in [0.15, 0.2) is 11.6 Å². The maximum atomic E-state index is 11.3. The first-order chi connectivity index (χ1) is 14.9. The second-order valence-electron chi connectivity index (χ2n) is 14.7. The predicted octanol–water partition coefficient (Wildman–Crippen LogP) is 7.00. The van der Waals surface area contributed by atoms with Crippen molar-refractivity contribution >= 4 is 0 Å². The lowest BCUT2D eigenvalue weighted by atomic mass is 9.34. The standard InChI is InChI=1S/C30H50O2/c1-19(2)20-10-13-27(5)16-17-30(18-31)21(25(20)27)8-9-23-28(6)14-12-24(32)26(3,4)22(28)11-15-29(23,30)7/h8,19-20,22-25,31-32H,9-18H2,1-7H3. The van der Waals surface area contributed by atoms with Gasteiger partial charge in [-0.1, -0.05) is 60.1 Å². The molecule has 5 rings (SSSR count). The van der Waals surface area contributed by atoms with Crippen LogP contribution in [0.4, 0.5) is 0 Å². The van der Waals surface area contributed by atoms with Crippen LogP contribution in [0.2, 0.25) is 0 Å². The van der Waals surface area contributed by atoms with Crippen molar-refractivity contribution in [2.45, 2.75) is 112 Å². The molecule has 0 radical (unpaired) electrons. The number of aliphatic hydroxyl groups is 2. The minimum atomic E-state index is -0.174. The Kier molecular flexibility index (Phi) is 5.19. The van der Waals surface area contributed by atoms with Crippen LogP contribution in [0.25, 0.3) is 0 Å². The number of rotatable bonds is 2. The number of allylic oxidation sites excluding steroid dienone is 1. The van der Waals surface area contributed by atoms with E-state index in [1.165, 1.54) is 44.9 Å². The van der Waals surface area contributed by atoms with Crippen molar-refractivity contribution in [3.05, 3.63) is 11.6 Å². The molecule has 0 aromatic heterocycles. The molecule has 4 fully saturated rings. The molecule has 0 aromatic rings. The third-order valence-corrected chi connectivity index (χ3v) is 13.1. The Morgan fingerprint density at radius 3 is 2.28 bits per heavy atom. The summed E-state index contributed by atoms with van der Waals surface area (Å²) in [5.41, 5.74) is 2.49. The fourth-order valence-corrected chi connectivity index (χ4v) is 11.1. The topological polar surface area (TPSA) is 40.5 Å². The first kappa shape index (κ1) is 23.4. The van der Waals surface area contributed by atoms with Crippen LogP contribution in [-0.4, -0.2) is 22.9 Å². The van der Waals surface area contributed by atoms with Gasteiger partial charge in [0, 0.05) is 5.41 Å². The Bertz CT molecular complexity index is 797. The molecule has 0 aliphatic heterocycles. The number of hydrogen-bond acceptors (Lipinski definition) is 2. The lowest BCUT2D eigenvalue weighted by molar-refractivity contribution is -0.210. The molecule has 0 heterocycles. The van der Waals surface area contributed by atoms with E-state index in [0.29, 0.717) is 29.8 Å². The quantitative estimate of drug-likeness (QED) is 0.452. The van der Waals surface area contributed by atoms with Gasteiger partial charge in [-0.05, 0) is 109 Å². The van der Waals surface area contributed by atoms with Gasteiger partial charge in [0.05, 0.1) is 12.7 Å². The van der Waals surface area contributed by atoms with Gasteiger partial charge in [-0.3, -0.25) is 0 Å². The van der Waals surface area contributed by atoms with Crippen molar-refractivity contribution in [1.29, 1.82) is 0 Å². The average Bonchev–Trinajstić information content (AvgIpc) is 3.08. The van der Waals surface area contributed by atoms with Crippen molar-refractivity contribution < 1.29 is 10.2 Å². The molecule has 9 unspecified atom stereocenters. The minimum absolute atomic E-state index is 0.00989. The molecule has 0 bridgehead atoms. The van der Waals surface area contributed by atoms with Crippen LogP contribution in [0, 0.1) is 56.7 Å². The molecule has 0 spiro atoms. The minimum Gasteiger partial charge on any atom is -0.395 e. The zero-order valence-corrected chi connectivity index (χ0v) is 22.0. The number of fused-ring (bicyclic) bond motifs is 7. The summed E-state index contributed by atoms with van der Waals surface area (Å²) in [6.07, 6.45) is 13.4. The van der Waals surface area contributed by atoms with Crippen molar-refractivity contribution in [1.82, 2.24) is 0 Å². The Morgan fingerprint density at radius 1 is 0.906 bits per heavy atom. The van der Waals surface area contributed by atoms with Gasteiger partial charge >= 0.3 is 0 Å². The molecule has 182 valence electrons.